The zero-order chi connectivity index (χ0) is 8.85. The van der Waals surface area contributed by atoms with Gasteiger partial charge in [-0.15, -0.1) is 0 Å². The van der Waals surface area contributed by atoms with E-state index < -0.39 is 18.6 Å². The van der Waals surface area contributed by atoms with Crippen molar-refractivity contribution in [3.05, 3.63) is 0 Å². The van der Waals surface area contributed by atoms with Gasteiger partial charge in [-0.3, -0.25) is 4.79 Å². The SMILES string of the molecule is CC(C)OCC(F)CC(=O)O. The maximum atomic E-state index is 12.5. The van der Waals surface area contributed by atoms with Gasteiger partial charge in [-0.1, -0.05) is 0 Å². The Bertz CT molecular complexity index is 125. The van der Waals surface area contributed by atoms with Crippen LogP contribution in [0.15, 0.2) is 0 Å². The Morgan fingerprint density at radius 2 is 2.18 bits per heavy atom. The average Bonchev–Trinajstić information content (AvgIpc) is 1.82. The van der Waals surface area contributed by atoms with E-state index >= 15 is 0 Å². The van der Waals surface area contributed by atoms with Crippen molar-refractivity contribution >= 4 is 5.97 Å². The fraction of sp³-hybridized carbons (Fsp3) is 0.857. The molecule has 0 saturated carbocycles. The summed E-state index contributed by atoms with van der Waals surface area (Å²) in [5.74, 6) is -1.13. The second-order valence-corrected chi connectivity index (χ2v) is 2.58. The van der Waals surface area contributed by atoms with Crippen LogP contribution in [0.2, 0.25) is 0 Å². The zero-order valence-electron chi connectivity index (χ0n) is 6.71. The van der Waals surface area contributed by atoms with Gasteiger partial charge in [0.15, 0.2) is 0 Å². The van der Waals surface area contributed by atoms with Crippen molar-refractivity contribution in [3.63, 3.8) is 0 Å². The summed E-state index contributed by atoms with van der Waals surface area (Å²) in [5, 5.41) is 8.15. The molecule has 0 amide bonds. The first-order valence-corrected chi connectivity index (χ1v) is 3.50. The van der Waals surface area contributed by atoms with Crippen LogP contribution in [-0.4, -0.2) is 30.0 Å². The van der Waals surface area contributed by atoms with Gasteiger partial charge in [-0.25, -0.2) is 4.39 Å². The highest BCUT2D eigenvalue weighted by Crippen LogP contribution is 2.00. The van der Waals surface area contributed by atoms with Crippen molar-refractivity contribution in [1.29, 1.82) is 0 Å². The van der Waals surface area contributed by atoms with Crippen LogP contribution in [0.1, 0.15) is 20.3 Å². The Hall–Kier alpha value is -0.640. The first-order valence-electron chi connectivity index (χ1n) is 3.50. The number of hydrogen-bond donors (Lipinski definition) is 1. The maximum Gasteiger partial charge on any atom is 0.306 e. The molecule has 0 heterocycles. The molecule has 1 atom stereocenters. The standard InChI is InChI=1S/C7H13FO3/c1-5(2)11-4-6(8)3-7(9)10/h5-6H,3-4H2,1-2H3,(H,9,10). The van der Waals surface area contributed by atoms with Crippen LogP contribution in [0.25, 0.3) is 0 Å². The van der Waals surface area contributed by atoms with Gasteiger partial charge in [-0.2, -0.15) is 0 Å². The van der Waals surface area contributed by atoms with E-state index in [0.717, 1.165) is 0 Å². The second kappa shape index (κ2) is 5.07. The largest absolute Gasteiger partial charge is 0.481 e. The van der Waals surface area contributed by atoms with Gasteiger partial charge in [0, 0.05) is 0 Å². The number of alkyl halides is 1. The lowest BCUT2D eigenvalue weighted by Gasteiger charge is -2.09. The highest BCUT2D eigenvalue weighted by molar-refractivity contribution is 5.67. The molecule has 0 rings (SSSR count). The molecule has 0 aliphatic carbocycles. The minimum Gasteiger partial charge on any atom is -0.481 e. The Morgan fingerprint density at radius 1 is 1.64 bits per heavy atom. The van der Waals surface area contributed by atoms with E-state index in [1.165, 1.54) is 0 Å². The monoisotopic (exact) mass is 164 g/mol. The Balaban J connectivity index is 3.37. The number of carboxylic acids is 1. The maximum absolute atomic E-state index is 12.5. The van der Waals surface area contributed by atoms with Crippen molar-refractivity contribution < 1.29 is 19.0 Å². The summed E-state index contributed by atoms with van der Waals surface area (Å²) < 4.78 is 17.4. The normalized spacial score (nSPS) is 13.5. The Morgan fingerprint density at radius 3 is 2.55 bits per heavy atom. The molecule has 0 aliphatic heterocycles. The van der Waals surface area contributed by atoms with E-state index in [2.05, 4.69) is 0 Å². The van der Waals surface area contributed by atoms with Crippen LogP contribution in [0.5, 0.6) is 0 Å². The summed E-state index contributed by atoms with van der Waals surface area (Å²) >= 11 is 0. The third kappa shape index (κ3) is 7.25. The third-order valence-electron chi connectivity index (χ3n) is 1.01. The molecule has 0 aromatic rings. The molecule has 1 N–H and O–H groups in total. The summed E-state index contributed by atoms with van der Waals surface area (Å²) in [6.07, 6.45) is -1.93. The molecule has 66 valence electrons. The number of aliphatic carboxylic acids is 1. The number of halogens is 1. The molecule has 0 aromatic heterocycles. The number of carboxylic acid groups (broad SMARTS) is 1. The van der Waals surface area contributed by atoms with Gasteiger partial charge in [0.05, 0.1) is 19.1 Å². The van der Waals surface area contributed by atoms with Gasteiger partial charge in [0.1, 0.15) is 6.17 Å². The minimum absolute atomic E-state index is 0.0537. The van der Waals surface area contributed by atoms with Crippen LogP contribution < -0.4 is 0 Å². The first-order chi connectivity index (χ1) is 5.02. The molecule has 0 saturated heterocycles. The van der Waals surface area contributed by atoms with Crippen LogP contribution in [0.4, 0.5) is 4.39 Å². The lowest BCUT2D eigenvalue weighted by atomic mass is 10.3. The molecule has 0 bridgehead atoms. The van der Waals surface area contributed by atoms with E-state index in [9.17, 15) is 9.18 Å². The topological polar surface area (TPSA) is 46.5 Å². The molecule has 3 nitrogen and oxygen atoms in total. The molecule has 0 radical (unpaired) electrons. The lowest BCUT2D eigenvalue weighted by molar-refractivity contribution is -0.139. The molecule has 4 heteroatoms. The van der Waals surface area contributed by atoms with Gasteiger partial charge < -0.3 is 9.84 Å². The van der Waals surface area contributed by atoms with E-state index in [-0.39, 0.29) is 12.7 Å². The molecular weight excluding hydrogens is 151 g/mol. The Kier molecular flexibility index (Phi) is 4.77. The first kappa shape index (κ1) is 10.4. The molecule has 0 aromatic carbocycles. The van der Waals surface area contributed by atoms with Crippen LogP contribution in [0.3, 0.4) is 0 Å². The fourth-order valence-corrected chi connectivity index (χ4v) is 0.545. The summed E-state index contributed by atoms with van der Waals surface area (Å²) in [6.45, 7) is 3.41. The summed E-state index contributed by atoms with van der Waals surface area (Å²) in [7, 11) is 0. The van der Waals surface area contributed by atoms with E-state index in [1.807, 2.05) is 0 Å². The number of ether oxygens (including phenoxy) is 1. The molecule has 0 spiro atoms. The summed E-state index contributed by atoms with van der Waals surface area (Å²) in [6, 6.07) is 0. The van der Waals surface area contributed by atoms with Gasteiger partial charge in [0.2, 0.25) is 0 Å². The van der Waals surface area contributed by atoms with Crippen molar-refractivity contribution in [1.82, 2.24) is 0 Å². The molecule has 0 fully saturated rings. The minimum atomic E-state index is -1.39. The van der Waals surface area contributed by atoms with Crippen molar-refractivity contribution in [2.45, 2.75) is 32.5 Å². The van der Waals surface area contributed by atoms with Gasteiger partial charge in [0.25, 0.3) is 0 Å². The van der Waals surface area contributed by atoms with Crippen molar-refractivity contribution in [2.75, 3.05) is 6.61 Å². The summed E-state index contributed by atoms with van der Waals surface area (Å²) in [5.41, 5.74) is 0. The number of rotatable bonds is 5. The molecular formula is C7H13FO3. The van der Waals surface area contributed by atoms with Gasteiger partial charge >= 0.3 is 5.97 Å². The number of carbonyl (C=O) groups is 1. The van der Waals surface area contributed by atoms with Gasteiger partial charge in [-0.05, 0) is 13.8 Å². The molecule has 0 aliphatic rings. The zero-order valence-corrected chi connectivity index (χ0v) is 6.71. The smallest absolute Gasteiger partial charge is 0.306 e. The molecule has 1 unspecified atom stereocenters. The third-order valence-corrected chi connectivity index (χ3v) is 1.01. The van der Waals surface area contributed by atoms with Crippen molar-refractivity contribution in [3.8, 4) is 0 Å². The second-order valence-electron chi connectivity index (χ2n) is 2.58. The van der Waals surface area contributed by atoms with E-state index in [1.54, 1.807) is 13.8 Å². The fourth-order valence-electron chi connectivity index (χ4n) is 0.545. The van der Waals surface area contributed by atoms with E-state index in [4.69, 9.17) is 9.84 Å². The highest BCUT2D eigenvalue weighted by Gasteiger charge is 2.11. The Labute approximate surface area is 65.2 Å². The average molecular weight is 164 g/mol. The van der Waals surface area contributed by atoms with Crippen LogP contribution in [0, 0.1) is 0 Å². The van der Waals surface area contributed by atoms with Crippen molar-refractivity contribution in [2.24, 2.45) is 0 Å². The van der Waals surface area contributed by atoms with Crippen LogP contribution >= 0.6 is 0 Å². The van der Waals surface area contributed by atoms with Crippen LogP contribution in [-0.2, 0) is 9.53 Å². The number of hydrogen-bond acceptors (Lipinski definition) is 2. The lowest BCUT2D eigenvalue weighted by Crippen LogP contribution is -2.17. The molecule has 11 heavy (non-hydrogen) atoms. The quantitative estimate of drug-likeness (QED) is 0.664. The highest BCUT2D eigenvalue weighted by atomic mass is 19.1. The predicted octanol–water partition coefficient (Wildman–Crippen LogP) is 1.22. The van der Waals surface area contributed by atoms with E-state index in [0.29, 0.717) is 0 Å². The summed E-state index contributed by atoms with van der Waals surface area (Å²) in [4.78, 5) is 9.96. The predicted molar refractivity (Wildman–Crippen MR) is 38.2 cm³/mol.